The van der Waals surface area contributed by atoms with Crippen LogP contribution in [0.2, 0.25) is 0 Å². The molecule has 1 aromatic carbocycles. The summed E-state index contributed by atoms with van der Waals surface area (Å²) in [5.74, 6) is -1.13. The third-order valence-corrected chi connectivity index (χ3v) is 2.16. The zero-order valence-electron chi connectivity index (χ0n) is 11.1. The Labute approximate surface area is 111 Å². The molecular formula is C13H18N2O4. The van der Waals surface area contributed by atoms with Crippen molar-refractivity contribution in [1.29, 1.82) is 0 Å². The first-order valence-electron chi connectivity index (χ1n) is 5.77. The van der Waals surface area contributed by atoms with E-state index in [0.717, 1.165) is 0 Å². The summed E-state index contributed by atoms with van der Waals surface area (Å²) >= 11 is 0. The first kappa shape index (κ1) is 15.0. The Balaban J connectivity index is 2.78. The standard InChI is InChI=1S/C13H18N2O4/c1-13(2,3)19-12(18)15-9-6-4-5-8(7-9)10(14)11(16)17/h4-7,10H,14H2,1-3H3,(H,15,18)(H,16,17)/t10-/m1/s1. The number of nitrogens with two attached hydrogens (primary N) is 1. The molecule has 0 heterocycles. The largest absolute Gasteiger partial charge is 0.480 e. The Morgan fingerprint density at radius 1 is 1.37 bits per heavy atom. The SMILES string of the molecule is CC(C)(C)OC(=O)Nc1cccc([C@@H](N)C(=O)O)c1. The molecule has 0 fully saturated rings. The molecule has 0 aromatic heterocycles. The van der Waals surface area contributed by atoms with Crippen LogP contribution in [0.1, 0.15) is 32.4 Å². The molecule has 0 aliphatic carbocycles. The number of rotatable bonds is 3. The van der Waals surface area contributed by atoms with Crippen LogP contribution in [0.4, 0.5) is 10.5 Å². The minimum absolute atomic E-state index is 0.404. The van der Waals surface area contributed by atoms with Gasteiger partial charge in [0.05, 0.1) is 0 Å². The van der Waals surface area contributed by atoms with Crippen LogP contribution >= 0.6 is 0 Å². The quantitative estimate of drug-likeness (QED) is 0.777. The van der Waals surface area contributed by atoms with Gasteiger partial charge in [0.25, 0.3) is 0 Å². The molecule has 0 saturated heterocycles. The molecule has 1 amide bonds. The molecule has 0 radical (unpaired) electrons. The van der Waals surface area contributed by atoms with E-state index in [2.05, 4.69) is 5.32 Å². The molecule has 1 atom stereocenters. The van der Waals surface area contributed by atoms with E-state index in [1.165, 1.54) is 6.07 Å². The predicted molar refractivity (Wildman–Crippen MR) is 70.9 cm³/mol. The second-order valence-corrected chi connectivity index (χ2v) is 5.07. The summed E-state index contributed by atoms with van der Waals surface area (Å²) in [6.45, 7) is 5.26. The molecule has 4 N–H and O–H groups in total. The first-order chi connectivity index (χ1) is 8.69. The third kappa shape index (κ3) is 4.97. The fourth-order valence-electron chi connectivity index (χ4n) is 1.37. The first-order valence-corrected chi connectivity index (χ1v) is 5.77. The van der Waals surface area contributed by atoms with E-state index in [9.17, 15) is 9.59 Å². The van der Waals surface area contributed by atoms with Crippen molar-refractivity contribution < 1.29 is 19.4 Å². The molecule has 6 heteroatoms. The van der Waals surface area contributed by atoms with Gasteiger partial charge in [0.15, 0.2) is 0 Å². The second-order valence-electron chi connectivity index (χ2n) is 5.07. The number of amides is 1. The maximum atomic E-state index is 11.6. The molecule has 0 saturated carbocycles. The predicted octanol–water partition coefficient (Wildman–Crippen LogP) is 2.12. The maximum Gasteiger partial charge on any atom is 0.412 e. The number of nitrogens with one attached hydrogen (secondary N) is 1. The van der Waals surface area contributed by atoms with Gasteiger partial charge in [-0.25, -0.2) is 4.79 Å². The zero-order valence-corrected chi connectivity index (χ0v) is 11.1. The van der Waals surface area contributed by atoms with E-state index in [0.29, 0.717) is 11.3 Å². The van der Waals surface area contributed by atoms with Gasteiger partial charge >= 0.3 is 12.1 Å². The summed E-state index contributed by atoms with van der Waals surface area (Å²) < 4.78 is 5.09. The average molecular weight is 266 g/mol. The van der Waals surface area contributed by atoms with Crippen LogP contribution in [0.15, 0.2) is 24.3 Å². The number of aliphatic carboxylic acids is 1. The van der Waals surface area contributed by atoms with Gasteiger partial charge in [-0.3, -0.25) is 10.1 Å². The number of ether oxygens (including phenoxy) is 1. The number of hydrogen-bond acceptors (Lipinski definition) is 4. The van der Waals surface area contributed by atoms with E-state index in [-0.39, 0.29) is 0 Å². The maximum absolute atomic E-state index is 11.6. The van der Waals surface area contributed by atoms with E-state index in [1.807, 2.05) is 0 Å². The molecule has 0 bridgehead atoms. The lowest BCUT2D eigenvalue weighted by molar-refractivity contribution is -0.138. The molecule has 0 spiro atoms. The molecule has 0 aliphatic heterocycles. The summed E-state index contributed by atoms with van der Waals surface area (Å²) in [5.41, 5.74) is 5.74. The number of carboxylic acid groups (broad SMARTS) is 1. The molecule has 19 heavy (non-hydrogen) atoms. The Bertz CT molecular complexity index is 480. The van der Waals surface area contributed by atoms with Gasteiger partial charge in [-0.15, -0.1) is 0 Å². The van der Waals surface area contributed by atoms with Crippen LogP contribution in [0, 0.1) is 0 Å². The highest BCUT2D eigenvalue weighted by molar-refractivity contribution is 5.85. The van der Waals surface area contributed by atoms with E-state index in [4.69, 9.17) is 15.6 Å². The van der Waals surface area contributed by atoms with Gasteiger partial charge in [0.2, 0.25) is 0 Å². The highest BCUT2D eigenvalue weighted by Gasteiger charge is 2.17. The van der Waals surface area contributed by atoms with Crippen LogP contribution in [0.5, 0.6) is 0 Å². The average Bonchev–Trinajstić information content (AvgIpc) is 2.25. The minimum atomic E-state index is -1.13. The fourth-order valence-corrected chi connectivity index (χ4v) is 1.37. The Morgan fingerprint density at radius 3 is 2.53 bits per heavy atom. The van der Waals surface area contributed by atoms with Crippen molar-refractivity contribution in [3.05, 3.63) is 29.8 Å². The normalized spacial score (nSPS) is 12.6. The summed E-state index contributed by atoms with van der Waals surface area (Å²) in [6.07, 6.45) is -0.603. The van der Waals surface area contributed by atoms with Crippen LogP contribution in [-0.2, 0) is 9.53 Å². The van der Waals surface area contributed by atoms with Gasteiger partial charge in [0, 0.05) is 5.69 Å². The van der Waals surface area contributed by atoms with Gasteiger partial charge in [-0.1, -0.05) is 12.1 Å². The number of carboxylic acids is 1. The van der Waals surface area contributed by atoms with Gasteiger partial charge < -0.3 is 15.6 Å². The van der Waals surface area contributed by atoms with Crippen molar-refractivity contribution >= 4 is 17.7 Å². The molecule has 6 nitrogen and oxygen atoms in total. The summed E-state index contributed by atoms with van der Waals surface area (Å²) in [5, 5.41) is 11.3. The van der Waals surface area contributed by atoms with E-state index in [1.54, 1.807) is 39.0 Å². The summed E-state index contributed by atoms with van der Waals surface area (Å²) in [4.78, 5) is 22.3. The van der Waals surface area contributed by atoms with Gasteiger partial charge in [-0.05, 0) is 38.5 Å². The van der Waals surface area contributed by atoms with Crippen LogP contribution in [0.3, 0.4) is 0 Å². The summed E-state index contributed by atoms with van der Waals surface area (Å²) in [6, 6.07) is 5.20. The summed E-state index contributed by atoms with van der Waals surface area (Å²) in [7, 11) is 0. The highest BCUT2D eigenvalue weighted by atomic mass is 16.6. The lowest BCUT2D eigenvalue weighted by atomic mass is 10.1. The number of carbonyl (C=O) groups is 2. The number of carbonyl (C=O) groups excluding carboxylic acids is 1. The number of anilines is 1. The van der Waals surface area contributed by atoms with E-state index >= 15 is 0 Å². The minimum Gasteiger partial charge on any atom is -0.480 e. The van der Waals surface area contributed by atoms with Crippen LogP contribution in [0.25, 0.3) is 0 Å². The number of benzene rings is 1. The van der Waals surface area contributed by atoms with Crippen molar-refractivity contribution in [3.63, 3.8) is 0 Å². The smallest absolute Gasteiger partial charge is 0.412 e. The monoisotopic (exact) mass is 266 g/mol. The Kier molecular flexibility index (Phi) is 4.50. The van der Waals surface area contributed by atoms with Crippen molar-refractivity contribution in [2.45, 2.75) is 32.4 Å². The van der Waals surface area contributed by atoms with Gasteiger partial charge in [-0.2, -0.15) is 0 Å². The molecule has 1 rings (SSSR count). The van der Waals surface area contributed by atoms with Crippen LogP contribution in [-0.4, -0.2) is 22.8 Å². The Hall–Kier alpha value is -2.08. The van der Waals surface area contributed by atoms with E-state index < -0.39 is 23.7 Å². The molecule has 0 unspecified atom stereocenters. The highest BCUT2D eigenvalue weighted by Crippen LogP contribution is 2.17. The van der Waals surface area contributed by atoms with Crippen molar-refractivity contribution in [2.24, 2.45) is 5.73 Å². The topological polar surface area (TPSA) is 102 Å². The third-order valence-electron chi connectivity index (χ3n) is 2.16. The van der Waals surface area contributed by atoms with Crippen LogP contribution < -0.4 is 11.1 Å². The lowest BCUT2D eigenvalue weighted by Gasteiger charge is -2.20. The van der Waals surface area contributed by atoms with Gasteiger partial charge in [0.1, 0.15) is 11.6 Å². The zero-order chi connectivity index (χ0) is 14.6. The Morgan fingerprint density at radius 2 is 2.00 bits per heavy atom. The molecule has 1 aromatic rings. The molecule has 104 valence electrons. The van der Waals surface area contributed by atoms with Crippen molar-refractivity contribution in [2.75, 3.05) is 5.32 Å². The van der Waals surface area contributed by atoms with Crippen molar-refractivity contribution in [1.82, 2.24) is 0 Å². The lowest BCUT2D eigenvalue weighted by Crippen LogP contribution is -2.27. The molecular weight excluding hydrogens is 248 g/mol. The van der Waals surface area contributed by atoms with Crippen molar-refractivity contribution in [3.8, 4) is 0 Å². The second kappa shape index (κ2) is 5.71. The number of hydrogen-bond donors (Lipinski definition) is 3. The fraction of sp³-hybridized carbons (Fsp3) is 0.385. The molecule has 0 aliphatic rings.